The van der Waals surface area contributed by atoms with Crippen LogP contribution >= 0.6 is 0 Å². The van der Waals surface area contributed by atoms with Crippen molar-refractivity contribution in [3.8, 4) is 11.1 Å². The van der Waals surface area contributed by atoms with Gasteiger partial charge in [0.25, 0.3) is 0 Å². The number of amides is 2. The number of aromatic nitrogens is 1. The van der Waals surface area contributed by atoms with E-state index in [1.54, 1.807) is 0 Å². The molecular weight excluding hydrogens is 334 g/mol. The van der Waals surface area contributed by atoms with Gasteiger partial charge in [-0.15, -0.1) is 0 Å². The highest BCUT2D eigenvalue weighted by Crippen LogP contribution is 2.22. The largest absolute Gasteiger partial charge is 0.331 e. The first-order valence-electron chi connectivity index (χ1n) is 9.31. The van der Waals surface area contributed by atoms with Gasteiger partial charge in [-0.2, -0.15) is 0 Å². The number of pyridine rings is 1. The summed E-state index contributed by atoms with van der Waals surface area (Å²) < 4.78 is 0. The Morgan fingerprint density at radius 2 is 1.74 bits per heavy atom. The van der Waals surface area contributed by atoms with Crippen molar-refractivity contribution in [1.82, 2.24) is 10.3 Å². The standard InChI is InChI=1S/C23H25N3O/c1-3-7-22(19-8-5-4-6-9-19)26-23(27)25-21-12-10-18(11-13-21)20-14-15-24-17(2)16-20/h4-6,8-16,22H,3,7H2,1-2H3,(H2,25,26,27). The lowest BCUT2D eigenvalue weighted by molar-refractivity contribution is 0.248. The highest BCUT2D eigenvalue weighted by Gasteiger charge is 2.13. The first-order valence-corrected chi connectivity index (χ1v) is 9.31. The number of urea groups is 1. The van der Waals surface area contributed by atoms with E-state index in [1.807, 2.05) is 79.9 Å². The highest BCUT2D eigenvalue weighted by atomic mass is 16.2. The normalized spacial score (nSPS) is 11.6. The number of hydrogen-bond donors (Lipinski definition) is 2. The topological polar surface area (TPSA) is 54.0 Å². The van der Waals surface area contributed by atoms with Gasteiger partial charge < -0.3 is 10.6 Å². The van der Waals surface area contributed by atoms with Crippen molar-refractivity contribution >= 4 is 11.7 Å². The minimum absolute atomic E-state index is 0.00951. The third-order valence-electron chi connectivity index (χ3n) is 4.46. The van der Waals surface area contributed by atoms with Crippen LogP contribution in [-0.2, 0) is 0 Å². The second-order valence-electron chi connectivity index (χ2n) is 6.61. The van der Waals surface area contributed by atoms with Crippen LogP contribution in [0.5, 0.6) is 0 Å². The van der Waals surface area contributed by atoms with E-state index >= 15 is 0 Å². The number of carbonyl (C=O) groups excluding carboxylic acids is 1. The van der Waals surface area contributed by atoms with Crippen LogP contribution in [0, 0.1) is 6.92 Å². The Hall–Kier alpha value is -3.14. The number of hydrogen-bond acceptors (Lipinski definition) is 2. The Balaban J connectivity index is 1.65. The monoisotopic (exact) mass is 359 g/mol. The molecule has 0 spiro atoms. The Morgan fingerprint density at radius 1 is 1.00 bits per heavy atom. The Bertz CT molecular complexity index is 876. The summed E-state index contributed by atoms with van der Waals surface area (Å²) in [6, 6.07) is 21.8. The molecule has 4 heteroatoms. The van der Waals surface area contributed by atoms with Gasteiger partial charge in [-0.1, -0.05) is 55.8 Å². The van der Waals surface area contributed by atoms with Crippen molar-refractivity contribution in [1.29, 1.82) is 0 Å². The maximum absolute atomic E-state index is 12.4. The summed E-state index contributed by atoms with van der Waals surface area (Å²) in [4.78, 5) is 16.7. The number of anilines is 1. The van der Waals surface area contributed by atoms with Crippen LogP contribution in [0.3, 0.4) is 0 Å². The van der Waals surface area contributed by atoms with Gasteiger partial charge in [0.15, 0.2) is 0 Å². The summed E-state index contributed by atoms with van der Waals surface area (Å²) in [5.41, 5.74) is 5.09. The van der Waals surface area contributed by atoms with Crippen LogP contribution < -0.4 is 10.6 Å². The zero-order valence-corrected chi connectivity index (χ0v) is 15.8. The van der Waals surface area contributed by atoms with Gasteiger partial charge in [-0.05, 0) is 54.3 Å². The third-order valence-corrected chi connectivity index (χ3v) is 4.46. The predicted molar refractivity (Wildman–Crippen MR) is 111 cm³/mol. The summed E-state index contributed by atoms with van der Waals surface area (Å²) in [6.07, 6.45) is 3.71. The lowest BCUT2D eigenvalue weighted by Crippen LogP contribution is -2.32. The number of nitrogens with zero attached hydrogens (tertiary/aromatic N) is 1. The molecule has 138 valence electrons. The van der Waals surface area contributed by atoms with E-state index < -0.39 is 0 Å². The molecule has 3 rings (SSSR count). The summed E-state index contributed by atoms with van der Waals surface area (Å²) >= 11 is 0. The van der Waals surface area contributed by atoms with Crippen LogP contribution in [0.2, 0.25) is 0 Å². The molecule has 2 N–H and O–H groups in total. The Kier molecular flexibility index (Phi) is 6.21. The molecule has 0 fully saturated rings. The van der Waals surface area contributed by atoms with E-state index in [0.717, 1.165) is 40.9 Å². The molecule has 1 unspecified atom stereocenters. The summed E-state index contributed by atoms with van der Waals surface area (Å²) in [6.45, 7) is 4.10. The van der Waals surface area contributed by atoms with E-state index in [0.29, 0.717) is 0 Å². The number of benzene rings is 2. The molecule has 4 nitrogen and oxygen atoms in total. The van der Waals surface area contributed by atoms with Crippen molar-refractivity contribution in [3.05, 3.63) is 84.2 Å². The van der Waals surface area contributed by atoms with E-state index in [1.165, 1.54) is 0 Å². The van der Waals surface area contributed by atoms with Crippen LogP contribution in [0.25, 0.3) is 11.1 Å². The Labute approximate surface area is 160 Å². The smallest absolute Gasteiger partial charge is 0.319 e. The second kappa shape index (κ2) is 8.99. The maximum atomic E-state index is 12.4. The SMILES string of the molecule is CCCC(NC(=O)Nc1ccc(-c2ccnc(C)c2)cc1)c1ccccc1. The molecule has 27 heavy (non-hydrogen) atoms. The molecule has 1 heterocycles. The zero-order chi connectivity index (χ0) is 19.1. The van der Waals surface area contributed by atoms with Crippen molar-refractivity contribution in [2.24, 2.45) is 0 Å². The van der Waals surface area contributed by atoms with Crippen molar-refractivity contribution in [3.63, 3.8) is 0 Å². The molecule has 1 aromatic heterocycles. The first kappa shape index (κ1) is 18.6. The molecule has 0 aliphatic heterocycles. The van der Waals surface area contributed by atoms with Gasteiger partial charge in [-0.3, -0.25) is 4.98 Å². The minimum Gasteiger partial charge on any atom is -0.331 e. The van der Waals surface area contributed by atoms with Gasteiger partial charge in [0, 0.05) is 17.6 Å². The van der Waals surface area contributed by atoms with Gasteiger partial charge in [0.2, 0.25) is 0 Å². The predicted octanol–water partition coefficient (Wildman–Crippen LogP) is 5.72. The van der Waals surface area contributed by atoms with Crippen molar-refractivity contribution in [2.75, 3.05) is 5.32 Å². The number of nitrogens with one attached hydrogen (secondary N) is 2. The lowest BCUT2D eigenvalue weighted by atomic mass is 10.0. The van der Waals surface area contributed by atoms with E-state index in [-0.39, 0.29) is 12.1 Å². The molecule has 2 amide bonds. The fraction of sp³-hybridized carbons (Fsp3) is 0.217. The first-order chi connectivity index (χ1) is 13.2. The summed E-state index contributed by atoms with van der Waals surface area (Å²) in [5, 5.41) is 6.01. The Morgan fingerprint density at radius 3 is 2.41 bits per heavy atom. The van der Waals surface area contributed by atoms with Crippen molar-refractivity contribution in [2.45, 2.75) is 32.7 Å². The van der Waals surface area contributed by atoms with E-state index in [9.17, 15) is 4.79 Å². The molecular formula is C23H25N3O. The molecule has 1 atom stereocenters. The van der Waals surface area contributed by atoms with Crippen molar-refractivity contribution < 1.29 is 4.79 Å². The van der Waals surface area contributed by atoms with Gasteiger partial charge >= 0.3 is 6.03 Å². The molecule has 3 aromatic rings. The molecule has 0 aliphatic carbocycles. The molecule has 0 bridgehead atoms. The van der Waals surface area contributed by atoms with Gasteiger partial charge in [0.05, 0.1) is 6.04 Å². The highest BCUT2D eigenvalue weighted by molar-refractivity contribution is 5.89. The zero-order valence-electron chi connectivity index (χ0n) is 15.8. The summed E-state index contributed by atoms with van der Waals surface area (Å²) in [7, 11) is 0. The molecule has 0 aliphatic rings. The number of rotatable bonds is 6. The molecule has 2 aromatic carbocycles. The maximum Gasteiger partial charge on any atom is 0.319 e. The number of carbonyl (C=O) groups is 1. The third kappa shape index (κ3) is 5.17. The lowest BCUT2D eigenvalue weighted by Gasteiger charge is -2.19. The van der Waals surface area contributed by atoms with E-state index in [2.05, 4.69) is 22.5 Å². The summed E-state index contributed by atoms with van der Waals surface area (Å²) in [5.74, 6) is 0. The van der Waals surface area contributed by atoms with Crippen LogP contribution in [0.4, 0.5) is 10.5 Å². The number of aryl methyl sites for hydroxylation is 1. The second-order valence-corrected chi connectivity index (χ2v) is 6.61. The van der Waals surface area contributed by atoms with Crippen LogP contribution in [0.15, 0.2) is 72.9 Å². The average Bonchev–Trinajstić information content (AvgIpc) is 2.69. The molecule has 0 radical (unpaired) electrons. The average molecular weight is 359 g/mol. The van der Waals surface area contributed by atoms with E-state index in [4.69, 9.17) is 0 Å². The fourth-order valence-electron chi connectivity index (χ4n) is 3.09. The quantitative estimate of drug-likeness (QED) is 0.591. The minimum atomic E-state index is -0.190. The molecule has 0 saturated heterocycles. The van der Waals surface area contributed by atoms with Gasteiger partial charge in [0.1, 0.15) is 0 Å². The van der Waals surface area contributed by atoms with Crippen LogP contribution in [0.1, 0.15) is 37.1 Å². The van der Waals surface area contributed by atoms with Crippen LogP contribution in [-0.4, -0.2) is 11.0 Å². The van der Waals surface area contributed by atoms with Gasteiger partial charge in [-0.25, -0.2) is 4.79 Å². The fourth-order valence-corrected chi connectivity index (χ4v) is 3.09. The molecule has 0 saturated carbocycles.